The Morgan fingerprint density at radius 1 is 1.00 bits per heavy atom. The zero-order chi connectivity index (χ0) is 21.9. The van der Waals surface area contributed by atoms with Crippen molar-refractivity contribution in [2.24, 2.45) is 5.10 Å². The highest BCUT2D eigenvalue weighted by molar-refractivity contribution is 6.39. The van der Waals surface area contributed by atoms with Gasteiger partial charge in [-0.05, 0) is 60.7 Å². The number of nitrogens with zero attached hydrogens (tertiary/aromatic N) is 1. The highest BCUT2D eigenvalue weighted by atomic mass is 16.5. The zero-order valence-corrected chi connectivity index (χ0v) is 17.9. The van der Waals surface area contributed by atoms with Gasteiger partial charge in [0.25, 0.3) is 0 Å². The van der Waals surface area contributed by atoms with Gasteiger partial charge in [-0.1, -0.05) is 32.9 Å². The van der Waals surface area contributed by atoms with Gasteiger partial charge in [0.2, 0.25) is 0 Å². The van der Waals surface area contributed by atoms with Gasteiger partial charge in [0.15, 0.2) is 11.5 Å². The molecule has 0 aliphatic rings. The summed E-state index contributed by atoms with van der Waals surface area (Å²) in [5, 5.41) is 6.40. The first-order chi connectivity index (χ1) is 14.4. The number of ether oxygens (including phenoxy) is 2. The van der Waals surface area contributed by atoms with Gasteiger partial charge in [-0.2, -0.15) is 5.10 Å². The van der Waals surface area contributed by atoms with E-state index >= 15 is 0 Å². The van der Waals surface area contributed by atoms with Crippen LogP contribution >= 0.6 is 0 Å². The van der Waals surface area contributed by atoms with Crippen LogP contribution < -0.4 is 20.2 Å². The van der Waals surface area contributed by atoms with Crippen LogP contribution in [-0.2, 0) is 9.59 Å². The third-order valence-electron chi connectivity index (χ3n) is 4.15. The molecule has 0 aliphatic carbocycles. The number of amides is 2. The first kappa shape index (κ1) is 22.9. The van der Waals surface area contributed by atoms with E-state index in [4.69, 9.17) is 9.47 Å². The lowest BCUT2D eigenvalue weighted by Crippen LogP contribution is -2.32. The van der Waals surface area contributed by atoms with Crippen LogP contribution in [0.25, 0.3) is 0 Å². The molecule has 7 nitrogen and oxygen atoms in total. The van der Waals surface area contributed by atoms with Gasteiger partial charge in [-0.3, -0.25) is 9.59 Å². The van der Waals surface area contributed by atoms with Gasteiger partial charge in [-0.25, -0.2) is 5.43 Å². The molecule has 0 heterocycles. The maximum atomic E-state index is 12.0. The minimum Gasteiger partial charge on any atom is -0.490 e. The van der Waals surface area contributed by atoms with Crippen molar-refractivity contribution in [2.45, 2.75) is 40.0 Å². The van der Waals surface area contributed by atoms with E-state index in [0.717, 1.165) is 12.0 Å². The zero-order valence-electron chi connectivity index (χ0n) is 17.9. The van der Waals surface area contributed by atoms with E-state index in [9.17, 15) is 9.59 Å². The third kappa shape index (κ3) is 6.92. The summed E-state index contributed by atoms with van der Waals surface area (Å²) in [4.78, 5) is 24.0. The molecule has 0 aromatic heterocycles. The van der Waals surface area contributed by atoms with E-state index in [0.29, 0.717) is 41.9 Å². The molecule has 160 valence electrons. The maximum Gasteiger partial charge on any atom is 0.329 e. The molecule has 2 aromatic carbocycles. The van der Waals surface area contributed by atoms with E-state index in [1.807, 2.05) is 26.0 Å². The number of hydrogen-bond acceptors (Lipinski definition) is 5. The van der Waals surface area contributed by atoms with Crippen LogP contribution in [0, 0.1) is 0 Å². The standard InChI is InChI=1S/C23H29N3O4/c1-5-13-30-20-12-7-17(14-21(20)29-6-2)15-24-26-23(28)22(27)25-19-10-8-18(9-11-19)16(3)4/h7-12,14-16H,5-6,13H2,1-4H3,(H,25,27)(H,26,28)/b24-15+. The maximum absolute atomic E-state index is 12.0. The molecule has 2 rings (SSSR count). The van der Waals surface area contributed by atoms with Crippen molar-refractivity contribution in [1.29, 1.82) is 0 Å². The third-order valence-corrected chi connectivity index (χ3v) is 4.15. The van der Waals surface area contributed by atoms with Crippen LogP contribution in [0.1, 0.15) is 51.2 Å². The Bertz CT molecular complexity index is 877. The molecule has 0 spiro atoms. The Morgan fingerprint density at radius 2 is 1.73 bits per heavy atom. The lowest BCUT2D eigenvalue weighted by atomic mass is 10.0. The molecule has 0 unspecified atom stereocenters. The quantitative estimate of drug-likeness (QED) is 0.370. The number of benzene rings is 2. The predicted octanol–water partition coefficient (Wildman–Crippen LogP) is 4.09. The van der Waals surface area contributed by atoms with Gasteiger partial charge in [-0.15, -0.1) is 0 Å². The molecule has 2 aromatic rings. The lowest BCUT2D eigenvalue weighted by Gasteiger charge is -2.11. The highest BCUT2D eigenvalue weighted by Gasteiger charge is 2.13. The molecule has 0 fully saturated rings. The average Bonchev–Trinajstić information content (AvgIpc) is 2.73. The van der Waals surface area contributed by atoms with Crippen LogP contribution in [0.2, 0.25) is 0 Å². The Hall–Kier alpha value is -3.35. The fraction of sp³-hybridized carbons (Fsp3) is 0.348. The minimum atomic E-state index is -0.855. The van der Waals surface area contributed by atoms with E-state index in [-0.39, 0.29) is 0 Å². The summed E-state index contributed by atoms with van der Waals surface area (Å²) in [5.74, 6) is 0.00403. The first-order valence-electron chi connectivity index (χ1n) is 10.1. The number of carbonyl (C=O) groups excluding carboxylic acids is 2. The van der Waals surface area contributed by atoms with E-state index in [1.165, 1.54) is 6.21 Å². The molecule has 2 N–H and O–H groups in total. The Kier molecular flexibility index (Phi) is 8.87. The normalized spacial score (nSPS) is 10.8. The lowest BCUT2D eigenvalue weighted by molar-refractivity contribution is -0.136. The molecule has 0 saturated carbocycles. The van der Waals surface area contributed by atoms with Crippen LogP contribution in [0.3, 0.4) is 0 Å². The molecule has 0 radical (unpaired) electrons. The van der Waals surface area contributed by atoms with Crippen molar-refractivity contribution >= 4 is 23.7 Å². The largest absolute Gasteiger partial charge is 0.490 e. The van der Waals surface area contributed by atoms with Gasteiger partial charge < -0.3 is 14.8 Å². The monoisotopic (exact) mass is 411 g/mol. The van der Waals surface area contributed by atoms with Crippen molar-refractivity contribution < 1.29 is 19.1 Å². The smallest absolute Gasteiger partial charge is 0.329 e. The average molecular weight is 412 g/mol. The van der Waals surface area contributed by atoms with Crippen LogP contribution in [0.4, 0.5) is 5.69 Å². The van der Waals surface area contributed by atoms with E-state index in [2.05, 4.69) is 29.7 Å². The van der Waals surface area contributed by atoms with E-state index < -0.39 is 11.8 Å². The van der Waals surface area contributed by atoms with E-state index in [1.54, 1.807) is 30.3 Å². The number of hydrogen-bond donors (Lipinski definition) is 2. The van der Waals surface area contributed by atoms with Gasteiger partial charge in [0.05, 0.1) is 19.4 Å². The fourth-order valence-electron chi connectivity index (χ4n) is 2.56. The molecule has 0 saturated heterocycles. The second-order valence-electron chi connectivity index (χ2n) is 6.92. The summed E-state index contributed by atoms with van der Waals surface area (Å²) in [7, 11) is 0. The Balaban J connectivity index is 1.94. The molecular weight excluding hydrogens is 382 g/mol. The summed E-state index contributed by atoms with van der Waals surface area (Å²) in [6, 6.07) is 12.7. The molecule has 0 atom stereocenters. The van der Waals surface area contributed by atoms with Gasteiger partial charge >= 0.3 is 11.8 Å². The second-order valence-corrected chi connectivity index (χ2v) is 6.92. The van der Waals surface area contributed by atoms with Crippen molar-refractivity contribution in [3.05, 3.63) is 53.6 Å². The predicted molar refractivity (Wildman–Crippen MR) is 118 cm³/mol. The van der Waals surface area contributed by atoms with Gasteiger partial charge in [0, 0.05) is 5.69 Å². The molecule has 0 aliphatic heterocycles. The number of hydrazone groups is 1. The summed E-state index contributed by atoms with van der Waals surface area (Å²) in [5.41, 5.74) is 4.63. The molecule has 2 amide bonds. The molecule has 30 heavy (non-hydrogen) atoms. The SMILES string of the molecule is CCCOc1ccc(/C=N/NC(=O)C(=O)Nc2ccc(C(C)C)cc2)cc1OCC. The highest BCUT2D eigenvalue weighted by Crippen LogP contribution is 2.28. The van der Waals surface area contributed by atoms with Crippen molar-refractivity contribution in [3.63, 3.8) is 0 Å². The second kappa shape index (κ2) is 11.6. The number of anilines is 1. The minimum absolute atomic E-state index is 0.392. The van der Waals surface area contributed by atoms with Crippen LogP contribution in [0.5, 0.6) is 11.5 Å². The first-order valence-corrected chi connectivity index (χ1v) is 10.1. The molecule has 0 bridgehead atoms. The van der Waals surface area contributed by atoms with Crippen LogP contribution in [-0.4, -0.2) is 31.2 Å². The van der Waals surface area contributed by atoms with Crippen molar-refractivity contribution in [1.82, 2.24) is 5.43 Å². The van der Waals surface area contributed by atoms with Gasteiger partial charge in [0.1, 0.15) is 0 Å². The Morgan fingerprint density at radius 3 is 2.37 bits per heavy atom. The molecular formula is C23H29N3O4. The van der Waals surface area contributed by atoms with Crippen molar-refractivity contribution in [2.75, 3.05) is 18.5 Å². The number of carbonyl (C=O) groups is 2. The van der Waals surface area contributed by atoms with Crippen molar-refractivity contribution in [3.8, 4) is 11.5 Å². The van der Waals surface area contributed by atoms with Crippen LogP contribution in [0.15, 0.2) is 47.6 Å². The topological polar surface area (TPSA) is 89.0 Å². The summed E-state index contributed by atoms with van der Waals surface area (Å²) >= 11 is 0. The number of nitrogens with one attached hydrogen (secondary N) is 2. The number of rotatable bonds is 9. The summed E-state index contributed by atoms with van der Waals surface area (Å²) in [6.07, 6.45) is 2.33. The Labute approximate surface area is 177 Å². The summed E-state index contributed by atoms with van der Waals surface area (Å²) in [6.45, 7) is 9.18. The summed E-state index contributed by atoms with van der Waals surface area (Å²) < 4.78 is 11.2. The fourth-order valence-corrected chi connectivity index (χ4v) is 2.56. The molecule has 7 heteroatoms.